The van der Waals surface area contributed by atoms with Crippen molar-refractivity contribution in [2.24, 2.45) is 0 Å². The fourth-order valence-corrected chi connectivity index (χ4v) is 1.73. The maximum absolute atomic E-state index is 11.1. The van der Waals surface area contributed by atoms with Crippen molar-refractivity contribution in [1.29, 1.82) is 0 Å². The van der Waals surface area contributed by atoms with Gasteiger partial charge < -0.3 is 20.1 Å². The highest BCUT2D eigenvalue weighted by Gasteiger charge is 2.43. The van der Waals surface area contributed by atoms with Crippen molar-refractivity contribution in [3.63, 3.8) is 0 Å². The number of ether oxygens (including phenoxy) is 1. The van der Waals surface area contributed by atoms with Gasteiger partial charge in [0.1, 0.15) is 24.4 Å². The summed E-state index contributed by atoms with van der Waals surface area (Å²) < 4.78 is 5.24. The van der Waals surface area contributed by atoms with Crippen LogP contribution in [-0.4, -0.2) is 50.2 Å². The summed E-state index contributed by atoms with van der Waals surface area (Å²) in [6.07, 6.45) is -2.99. The van der Waals surface area contributed by atoms with E-state index in [1.807, 2.05) is 0 Å². The molecule has 1 aliphatic heterocycles. The zero-order valence-corrected chi connectivity index (χ0v) is 8.80. The normalized spacial score (nSPS) is 32.6. The number of aliphatic hydroxyl groups is 3. The van der Waals surface area contributed by atoms with Crippen LogP contribution in [0.4, 0.5) is 0 Å². The van der Waals surface area contributed by atoms with Crippen LogP contribution in [0.25, 0.3) is 0 Å². The van der Waals surface area contributed by atoms with E-state index in [4.69, 9.17) is 9.84 Å². The zero-order valence-electron chi connectivity index (χ0n) is 8.80. The van der Waals surface area contributed by atoms with Gasteiger partial charge in [0, 0.05) is 6.20 Å². The highest BCUT2D eigenvalue weighted by atomic mass is 16.6. The topological polar surface area (TPSA) is 113 Å². The fraction of sp³-hybridized carbons (Fsp3) is 0.500. The summed E-state index contributed by atoms with van der Waals surface area (Å²) in [5.41, 5.74) is -0.530. The van der Waals surface area contributed by atoms with Crippen molar-refractivity contribution in [1.82, 2.24) is 9.97 Å². The molecule has 4 atom stereocenters. The first-order valence-electron chi connectivity index (χ1n) is 5.09. The molecule has 0 bridgehead atoms. The van der Waals surface area contributed by atoms with E-state index in [0.29, 0.717) is 0 Å². The molecule has 1 saturated heterocycles. The molecule has 1 aliphatic rings. The van der Waals surface area contributed by atoms with Crippen molar-refractivity contribution in [2.75, 3.05) is 6.61 Å². The lowest BCUT2D eigenvalue weighted by atomic mass is 10.1. The van der Waals surface area contributed by atoms with E-state index in [-0.39, 0.29) is 5.69 Å². The van der Waals surface area contributed by atoms with E-state index in [1.165, 1.54) is 18.3 Å². The van der Waals surface area contributed by atoms with Gasteiger partial charge in [0.15, 0.2) is 0 Å². The molecular weight excluding hydrogens is 228 g/mol. The Kier molecular flexibility index (Phi) is 3.43. The maximum atomic E-state index is 11.1. The number of hydrogen-bond acceptors (Lipinski definition) is 7. The van der Waals surface area contributed by atoms with Gasteiger partial charge in [-0.1, -0.05) is 0 Å². The van der Waals surface area contributed by atoms with E-state index in [9.17, 15) is 15.0 Å². The van der Waals surface area contributed by atoms with Crippen molar-refractivity contribution >= 4 is 0 Å². The molecule has 0 aliphatic carbocycles. The summed E-state index contributed by atoms with van der Waals surface area (Å²) >= 11 is 0. The van der Waals surface area contributed by atoms with Gasteiger partial charge in [-0.2, -0.15) is 4.98 Å². The van der Waals surface area contributed by atoms with Gasteiger partial charge in [-0.25, -0.2) is 9.78 Å². The monoisotopic (exact) mass is 240 g/mol. The molecule has 1 fully saturated rings. The Morgan fingerprint density at radius 1 is 1.35 bits per heavy atom. The second-order valence-electron chi connectivity index (χ2n) is 3.72. The highest BCUT2D eigenvalue weighted by Crippen LogP contribution is 2.31. The first-order valence-corrected chi connectivity index (χ1v) is 5.09. The van der Waals surface area contributed by atoms with Gasteiger partial charge in [-0.15, -0.1) is 0 Å². The first-order chi connectivity index (χ1) is 8.13. The Morgan fingerprint density at radius 2 is 2.12 bits per heavy atom. The van der Waals surface area contributed by atoms with E-state index < -0.39 is 36.7 Å². The van der Waals surface area contributed by atoms with Gasteiger partial charge in [-0.3, -0.25) is 0 Å². The van der Waals surface area contributed by atoms with Crippen LogP contribution in [0.3, 0.4) is 0 Å². The molecule has 0 aromatic carbocycles. The smallest absolute Gasteiger partial charge is 0.367 e. The average Bonchev–Trinajstić information content (AvgIpc) is 2.50. The predicted molar refractivity (Wildman–Crippen MR) is 55.0 cm³/mol. The minimum atomic E-state index is -1.23. The Hall–Kier alpha value is -1.41. The third kappa shape index (κ3) is 2.32. The molecule has 1 aromatic rings. The molecule has 7 nitrogen and oxygen atoms in total. The van der Waals surface area contributed by atoms with Gasteiger partial charge in [0.05, 0.1) is 12.3 Å². The lowest BCUT2D eigenvalue weighted by molar-refractivity contribution is -0.0239. The molecule has 17 heavy (non-hydrogen) atoms. The van der Waals surface area contributed by atoms with Crippen molar-refractivity contribution < 1.29 is 20.1 Å². The summed E-state index contributed by atoms with van der Waals surface area (Å²) in [6, 6.07) is 2.95. The van der Waals surface area contributed by atoms with E-state index in [2.05, 4.69) is 9.97 Å². The SMILES string of the molecule is O=c1ncccc(C2O[C@H](CO)[C@@H](O)[C@H]2O)n1. The standard InChI is InChI=1S/C10H12N2O5/c13-4-6-7(14)8(15)9(17-6)5-2-1-3-11-10(16)12-5/h1-3,6-9,13-15H,4H2/t6-,7-,8-,9?/m1/s1. The number of hydrogen-bond donors (Lipinski definition) is 3. The van der Waals surface area contributed by atoms with Crippen LogP contribution in [0, 0.1) is 0 Å². The van der Waals surface area contributed by atoms with Crippen LogP contribution in [0.5, 0.6) is 0 Å². The lowest BCUT2D eigenvalue weighted by Gasteiger charge is -2.12. The number of aromatic nitrogens is 2. The summed E-state index contributed by atoms with van der Waals surface area (Å²) in [5, 5.41) is 28.2. The highest BCUT2D eigenvalue weighted by molar-refractivity contribution is 5.09. The molecule has 3 N–H and O–H groups in total. The summed E-state index contributed by atoms with van der Waals surface area (Å²) in [6.45, 7) is -0.420. The second kappa shape index (κ2) is 4.84. The van der Waals surface area contributed by atoms with Crippen molar-refractivity contribution in [3.8, 4) is 0 Å². The third-order valence-electron chi connectivity index (χ3n) is 2.60. The molecule has 0 amide bonds. The first kappa shape index (κ1) is 12.1. The van der Waals surface area contributed by atoms with Gasteiger partial charge in [0.2, 0.25) is 0 Å². The molecule has 1 unspecified atom stereocenters. The Labute approximate surface area is 96.4 Å². The Balaban J connectivity index is 2.32. The summed E-state index contributed by atoms with van der Waals surface area (Å²) in [7, 11) is 0. The van der Waals surface area contributed by atoms with Gasteiger partial charge in [0.25, 0.3) is 0 Å². The molecular formula is C10H12N2O5. The molecule has 0 spiro atoms. The van der Waals surface area contributed by atoms with E-state index in [1.54, 1.807) is 0 Å². The Morgan fingerprint density at radius 3 is 2.76 bits per heavy atom. The van der Waals surface area contributed by atoms with Crippen molar-refractivity contribution in [2.45, 2.75) is 24.4 Å². The second-order valence-corrected chi connectivity index (χ2v) is 3.72. The van der Waals surface area contributed by atoms with Crippen LogP contribution < -0.4 is 5.69 Å². The molecule has 1 aromatic heterocycles. The summed E-state index contributed by atoms with van der Waals surface area (Å²) in [5.74, 6) is 0. The van der Waals surface area contributed by atoms with Gasteiger partial charge >= 0.3 is 5.69 Å². The van der Waals surface area contributed by atoms with Crippen LogP contribution in [0.1, 0.15) is 11.8 Å². The molecule has 0 saturated carbocycles. The number of rotatable bonds is 2. The van der Waals surface area contributed by atoms with Crippen molar-refractivity contribution in [3.05, 3.63) is 34.5 Å². The van der Waals surface area contributed by atoms with E-state index in [0.717, 1.165) is 0 Å². The Bertz CT molecular complexity index is 455. The van der Waals surface area contributed by atoms with E-state index >= 15 is 0 Å². The predicted octanol–water partition coefficient (Wildman–Crippen LogP) is -2.01. The maximum Gasteiger partial charge on any atom is 0.367 e. The van der Waals surface area contributed by atoms with Crippen LogP contribution in [-0.2, 0) is 4.74 Å². The minimum Gasteiger partial charge on any atom is -0.394 e. The molecule has 92 valence electrons. The van der Waals surface area contributed by atoms with Crippen LogP contribution in [0.2, 0.25) is 0 Å². The third-order valence-corrected chi connectivity index (χ3v) is 2.60. The largest absolute Gasteiger partial charge is 0.394 e. The quantitative estimate of drug-likeness (QED) is 0.547. The molecule has 2 heterocycles. The van der Waals surface area contributed by atoms with Crippen LogP contribution >= 0.6 is 0 Å². The minimum absolute atomic E-state index is 0.176. The van der Waals surface area contributed by atoms with Gasteiger partial charge in [-0.05, 0) is 12.1 Å². The fourth-order valence-electron chi connectivity index (χ4n) is 1.73. The zero-order chi connectivity index (χ0) is 12.4. The summed E-state index contributed by atoms with van der Waals surface area (Å²) in [4.78, 5) is 18.2. The molecule has 2 rings (SSSR count). The number of aliphatic hydroxyl groups excluding tert-OH is 3. The average molecular weight is 240 g/mol. The molecule has 7 heteroatoms. The number of nitrogens with zero attached hydrogens (tertiary/aromatic N) is 2. The van der Waals surface area contributed by atoms with Crippen LogP contribution in [0.15, 0.2) is 23.1 Å². The lowest BCUT2D eigenvalue weighted by Crippen LogP contribution is -2.32. The molecule has 0 radical (unpaired) electrons.